The van der Waals surface area contributed by atoms with Gasteiger partial charge in [0.1, 0.15) is 13.2 Å². The van der Waals surface area contributed by atoms with Crippen molar-refractivity contribution < 1.29 is 28.6 Å². The summed E-state index contributed by atoms with van der Waals surface area (Å²) >= 11 is 0. The first-order valence-corrected chi connectivity index (χ1v) is 33.0. The zero-order chi connectivity index (χ0) is 57.1. The average molecular weight is 1100 g/mol. The highest BCUT2D eigenvalue weighted by Gasteiger charge is 2.19. The molecule has 79 heavy (non-hydrogen) atoms. The minimum Gasteiger partial charge on any atom is -0.462 e. The molecule has 0 spiro atoms. The van der Waals surface area contributed by atoms with Gasteiger partial charge in [-0.2, -0.15) is 0 Å². The van der Waals surface area contributed by atoms with Gasteiger partial charge in [0.05, 0.1) is 0 Å². The monoisotopic (exact) mass is 1090 g/mol. The molecule has 0 aromatic heterocycles. The maximum absolute atomic E-state index is 12.9. The van der Waals surface area contributed by atoms with Gasteiger partial charge < -0.3 is 14.2 Å². The summed E-state index contributed by atoms with van der Waals surface area (Å²) in [6.45, 7) is 6.50. The molecule has 450 valence electrons. The average Bonchev–Trinajstić information content (AvgIpc) is 3.45. The van der Waals surface area contributed by atoms with Gasteiger partial charge in [-0.25, -0.2) is 0 Å². The number of hydrogen-bond acceptors (Lipinski definition) is 6. The lowest BCUT2D eigenvalue weighted by molar-refractivity contribution is -0.167. The van der Waals surface area contributed by atoms with Crippen LogP contribution in [-0.4, -0.2) is 37.2 Å². The van der Waals surface area contributed by atoms with E-state index in [1.54, 1.807) is 0 Å². The second-order valence-corrected chi connectivity index (χ2v) is 21.6. The lowest BCUT2D eigenvalue weighted by atomic mass is 10.0. The summed E-state index contributed by atoms with van der Waals surface area (Å²) < 4.78 is 16.9. The number of ether oxygens (including phenoxy) is 3. The van der Waals surface area contributed by atoms with Crippen molar-refractivity contribution in [2.45, 2.75) is 309 Å². The lowest BCUT2D eigenvalue weighted by Crippen LogP contribution is -2.30. The van der Waals surface area contributed by atoms with Crippen molar-refractivity contribution >= 4 is 17.9 Å². The van der Waals surface area contributed by atoms with E-state index in [1.165, 1.54) is 128 Å². The maximum atomic E-state index is 12.9. The molecule has 0 aliphatic rings. The van der Waals surface area contributed by atoms with Crippen molar-refractivity contribution in [2.75, 3.05) is 13.2 Å². The van der Waals surface area contributed by atoms with Crippen LogP contribution in [0.15, 0.2) is 122 Å². The second kappa shape index (κ2) is 66.3. The highest BCUT2D eigenvalue weighted by Crippen LogP contribution is 2.16. The molecule has 0 radical (unpaired) electrons. The van der Waals surface area contributed by atoms with Crippen LogP contribution in [0.1, 0.15) is 303 Å². The van der Waals surface area contributed by atoms with Crippen molar-refractivity contribution in [1.82, 2.24) is 0 Å². The van der Waals surface area contributed by atoms with Crippen LogP contribution in [-0.2, 0) is 28.6 Å². The summed E-state index contributed by atoms with van der Waals surface area (Å²) in [5.74, 6) is -0.902. The largest absolute Gasteiger partial charge is 0.462 e. The zero-order valence-electron chi connectivity index (χ0n) is 51.6. The number of rotatable bonds is 59. The summed E-state index contributed by atoms with van der Waals surface area (Å²) in [5, 5.41) is 0. The van der Waals surface area contributed by atoms with Crippen LogP contribution in [0.4, 0.5) is 0 Å². The number of allylic oxidation sites excluding steroid dienone is 20. The molecule has 0 fully saturated rings. The second-order valence-electron chi connectivity index (χ2n) is 21.6. The number of carbonyl (C=O) groups is 3. The van der Waals surface area contributed by atoms with Crippen molar-refractivity contribution in [3.05, 3.63) is 122 Å². The maximum Gasteiger partial charge on any atom is 0.306 e. The van der Waals surface area contributed by atoms with Gasteiger partial charge in [0, 0.05) is 19.3 Å². The molecule has 0 N–H and O–H groups in total. The number of unbranched alkanes of at least 4 members (excludes halogenated alkanes) is 28. The Labute approximate surface area is 488 Å². The van der Waals surface area contributed by atoms with Crippen molar-refractivity contribution in [2.24, 2.45) is 0 Å². The van der Waals surface area contributed by atoms with E-state index in [0.29, 0.717) is 19.3 Å². The minimum atomic E-state index is -0.790. The van der Waals surface area contributed by atoms with Crippen molar-refractivity contribution in [1.29, 1.82) is 0 Å². The normalized spacial score (nSPS) is 12.9. The Morgan fingerprint density at radius 3 is 0.785 bits per heavy atom. The van der Waals surface area contributed by atoms with Gasteiger partial charge in [-0.05, 0) is 116 Å². The highest BCUT2D eigenvalue weighted by molar-refractivity contribution is 5.71. The lowest BCUT2D eigenvalue weighted by Gasteiger charge is -2.18. The van der Waals surface area contributed by atoms with Crippen LogP contribution in [0, 0.1) is 0 Å². The van der Waals surface area contributed by atoms with Gasteiger partial charge in [0.2, 0.25) is 0 Å². The van der Waals surface area contributed by atoms with Gasteiger partial charge >= 0.3 is 17.9 Å². The smallest absolute Gasteiger partial charge is 0.306 e. The molecule has 6 heteroatoms. The molecule has 0 aliphatic carbocycles. The molecule has 0 aromatic rings. The third-order valence-electron chi connectivity index (χ3n) is 14.0. The Kier molecular flexibility index (Phi) is 62.8. The van der Waals surface area contributed by atoms with Gasteiger partial charge in [-0.3, -0.25) is 14.4 Å². The first kappa shape index (κ1) is 74.8. The molecule has 0 saturated heterocycles. The molecular formula is C73H122O6. The summed E-state index contributed by atoms with van der Waals surface area (Å²) in [7, 11) is 0. The fraction of sp³-hybridized carbons (Fsp3) is 0.685. The van der Waals surface area contributed by atoms with Crippen molar-refractivity contribution in [3.63, 3.8) is 0 Å². The Balaban J connectivity index is 4.33. The summed E-state index contributed by atoms with van der Waals surface area (Å²) in [4.78, 5) is 38.3. The van der Waals surface area contributed by atoms with Crippen LogP contribution in [0.2, 0.25) is 0 Å². The van der Waals surface area contributed by atoms with E-state index in [1.807, 2.05) is 0 Å². The topological polar surface area (TPSA) is 78.9 Å². The molecule has 0 aliphatic heterocycles. The molecular weight excluding hydrogens is 973 g/mol. The first-order valence-electron chi connectivity index (χ1n) is 33.0. The van der Waals surface area contributed by atoms with E-state index in [9.17, 15) is 14.4 Å². The Morgan fingerprint density at radius 1 is 0.266 bits per heavy atom. The summed E-state index contributed by atoms with van der Waals surface area (Å²) in [5.41, 5.74) is 0. The zero-order valence-corrected chi connectivity index (χ0v) is 51.6. The third kappa shape index (κ3) is 64.5. The number of carbonyl (C=O) groups excluding carboxylic acids is 3. The quantitative estimate of drug-likeness (QED) is 0.0261. The fourth-order valence-corrected chi connectivity index (χ4v) is 9.02. The highest BCUT2D eigenvalue weighted by atomic mass is 16.6. The van der Waals surface area contributed by atoms with Crippen LogP contribution in [0.5, 0.6) is 0 Å². The predicted molar refractivity (Wildman–Crippen MR) is 343 cm³/mol. The van der Waals surface area contributed by atoms with Crippen LogP contribution < -0.4 is 0 Å². The summed E-state index contributed by atoms with van der Waals surface area (Å²) in [6.07, 6.45) is 92.0. The van der Waals surface area contributed by atoms with Crippen LogP contribution in [0.3, 0.4) is 0 Å². The van der Waals surface area contributed by atoms with Gasteiger partial charge in [-0.15, -0.1) is 0 Å². The molecule has 1 atom stereocenters. The molecule has 1 unspecified atom stereocenters. The van der Waals surface area contributed by atoms with Gasteiger partial charge in [0.15, 0.2) is 6.10 Å². The van der Waals surface area contributed by atoms with Gasteiger partial charge in [0.25, 0.3) is 0 Å². The molecule has 0 bridgehead atoms. The Hall–Kier alpha value is -4.19. The van der Waals surface area contributed by atoms with E-state index < -0.39 is 6.10 Å². The van der Waals surface area contributed by atoms with Crippen LogP contribution in [0.25, 0.3) is 0 Å². The molecule has 0 amide bonds. The van der Waals surface area contributed by atoms with E-state index >= 15 is 0 Å². The van der Waals surface area contributed by atoms with Crippen molar-refractivity contribution in [3.8, 4) is 0 Å². The molecule has 0 aromatic carbocycles. The van der Waals surface area contributed by atoms with E-state index in [2.05, 4.69) is 142 Å². The van der Waals surface area contributed by atoms with E-state index in [0.717, 1.165) is 135 Å². The minimum absolute atomic E-state index is 0.0852. The van der Waals surface area contributed by atoms with E-state index in [4.69, 9.17) is 14.2 Å². The number of hydrogen-bond donors (Lipinski definition) is 0. The fourth-order valence-electron chi connectivity index (χ4n) is 9.02. The molecule has 6 nitrogen and oxygen atoms in total. The Bertz CT molecular complexity index is 1640. The van der Waals surface area contributed by atoms with E-state index in [-0.39, 0.29) is 31.1 Å². The third-order valence-corrected chi connectivity index (χ3v) is 14.0. The standard InChI is InChI=1S/C73H122O6/c1-4-7-10-13-16-19-22-25-27-29-31-32-33-34-35-36-37-38-39-40-41-42-43-45-46-48-51-54-57-60-63-66-72(75)78-69-70(68-77-71(74)65-62-59-56-53-50-24-21-18-15-12-9-6-3)79-73(76)67-64-61-58-55-52-49-47-44-30-28-26-23-20-17-14-11-8-5-2/h7,10,16,19-20,23,25,27-28,30-32,34-35,37-38,40-41,43,45,70H,4-6,8-9,11-15,17-18,21-22,24,26,29,33,36,39,42,44,46-69H2,1-3H3/b10-7-,19-16-,23-20-,27-25-,30-28-,32-31-,35-34-,38-37-,41-40-,45-43-. The molecule has 0 rings (SSSR count). The molecule has 0 saturated carbocycles. The Morgan fingerprint density at radius 2 is 0.494 bits per heavy atom. The SMILES string of the molecule is CC/C=C\C/C=C\C/C=C\C/C=C\C/C=C\C/C=C\C/C=C\C/C=C\CCCCCCCCC(=O)OCC(COC(=O)CCCCCCCCCCCCCC)OC(=O)CCCCCCCCC/C=C\C/C=C\CCCCCC. The predicted octanol–water partition coefficient (Wildman–Crippen LogP) is 22.8. The molecule has 0 heterocycles. The van der Waals surface area contributed by atoms with Crippen LogP contribution >= 0.6 is 0 Å². The first-order chi connectivity index (χ1) is 39.0. The van der Waals surface area contributed by atoms with Gasteiger partial charge in [-0.1, -0.05) is 290 Å². The summed E-state index contributed by atoms with van der Waals surface area (Å²) in [6, 6.07) is 0. The number of esters is 3.